The van der Waals surface area contributed by atoms with Crippen molar-refractivity contribution in [3.8, 4) is 11.5 Å². The van der Waals surface area contributed by atoms with E-state index in [1.165, 1.54) is 24.3 Å². The van der Waals surface area contributed by atoms with E-state index in [2.05, 4.69) is 0 Å². The molecule has 0 aliphatic heterocycles. The molecule has 0 radical (unpaired) electrons. The van der Waals surface area contributed by atoms with Crippen LogP contribution >= 0.6 is 0 Å². The van der Waals surface area contributed by atoms with Crippen molar-refractivity contribution in [3.05, 3.63) is 82.3 Å². The van der Waals surface area contributed by atoms with Crippen molar-refractivity contribution < 1.29 is 23.8 Å². The largest absolute Gasteiger partial charge is 0.457 e. The summed E-state index contributed by atoms with van der Waals surface area (Å²) in [5, 5.41) is 19.5. The van der Waals surface area contributed by atoms with Crippen molar-refractivity contribution in [3.63, 3.8) is 0 Å². The molecule has 0 unspecified atom stereocenters. The lowest BCUT2D eigenvalue weighted by Crippen LogP contribution is -2.47. The fraction of sp³-hybridized carbons (Fsp3) is 0.208. The van der Waals surface area contributed by atoms with Crippen LogP contribution in [0.4, 0.5) is 4.39 Å². The van der Waals surface area contributed by atoms with Gasteiger partial charge in [-0.15, -0.1) is 0 Å². The number of aliphatic hydroxyl groups is 2. The highest BCUT2D eigenvalue weighted by Crippen LogP contribution is 2.27. The predicted octanol–water partition coefficient (Wildman–Crippen LogP) is 3.49. The smallest absolute Gasteiger partial charge is 0.200 e. The maximum Gasteiger partial charge on any atom is 0.200 e. The van der Waals surface area contributed by atoms with Crippen molar-refractivity contribution in [2.75, 3.05) is 13.2 Å². The van der Waals surface area contributed by atoms with E-state index < -0.39 is 5.54 Å². The number of fused-ring (bicyclic) bond motifs is 2. The maximum absolute atomic E-state index is 13.1. The Morgan fingerprint density at radius 1 is 0.903 bits per heavy atom. The lowest BCUT2D eigenvalue weighted by molar-refractivity contribution is 0.115. The molecule has 0 aliphatic carbocycles. The van der Waals surface area contributed by atoms with E-state index in [1.807, 2.05) is 0 Å². The summed E-state index contributed by atoms with van der Waals surface area (Å²) in [6.07, 6.45) is 0.896. The summed E-state index contributed by atoms with van der Waals surface area (Å²) in [4.78, 5) is 13.0. The first-order valence-electron chi connectivity index (χ1n) is 9.84. The molecule has 4 rings (SSSR count). The fourth-order valence-electron chi connectivity index (χ4n) is 3.34. The Bertz CT molecular complexity index is 1280. The predicted molar refractivity (Wildman–Crippen MR) is 116 cm³/mol. The molecule has 1 aromatic heterocycles. The van der Waals surface area contributed by atoms with Crippen LogP contribution in [0.5, 0.6) is 11.5 Å². The van der Waals surface area contributed by atoms with Gasteiger partial charge in [0.2, 0.25) is 5.43 Å². The Labute approximate surface area is 177 Å². The minimum absolute atomic E-state index is 0.189. The van der Waals surface area contributed by atoms with Gasteiger partial charge in [-0.25, -0.2) is 4.39 Å². The zero-order valence-corrected chi connectivity index (χ0v) is 16.7. The molecule has 0 aliphatic rings. The first-order valence-corrected chi connectivity index (χ1v) is 9.84. The average molecular weight is 423 g/mol. The van der Waals surface area contributed by atoms with Crippen LogP contribution in [0.15, 0.2) is 69.9 Å². The van der Waals surface area contributed by atoms with Crippen molar-refractivity contribution in [1.29, 1.82) is 0 Å². The van der Waals surface area contributed by atoms with Gasteiger partial charge in [-0.1, -0.05) is 6.07 Å². The fourth-order valence-corrected chi connectivity index (χ4v) is 3.34. The quantitative estimate of drug-likeness (QED) is 0.393. The Morgan fingerprint density at radius 3 is 2.32 bits per heavy atom. The number of ether oxygens (including phenoxy) is 1. The summed E-state index contributed by atoms with van der Waals surface area (Å²) >= 11 is 0. The molecular weight excluding hydrogens is 401 g/mol. The number of rotatable bonds is 7. The molecule has 31 heavy (non-hydrogen) atoms. The summed E-state index contributed by atoms with van der Waals surface area (Å²) in [6.45, 7) is -0.641. The number of benzene rings is 3. The van der Waals surface area contributed by atoms with Crippen molar-refractivity contribution in [1.82, 2.24) is 0 Å². The molecule has 3 aromatic carbocycles. The molecule has 4 N–H and O–H groups in total. The second-order valence-corrected chi connectivity index (χ2v) is 7.65. The van der Waals surface area contributed by atoms with Crippen LogP contribution in [0.25, 0.3) is 21.9 Å². The number of nitrogens with two attached hydrogens (primary N) is 1. The zero-order chi connectivity index (χ0) is 22.0. The third kappa shape index (κ3) is 4.44. The van der Waals surface area contributed by atoms with E-state index in [1.54, 1.807) is 36.4 Å². The van der Waals surface area contributed by atoms with Gasteiger partial charge in [0.15, 0.2) is 0 Å². The van der Waals surface area contributed by atoms with E-state index in [0.29, 0.717) is 46.3 Å². The van der Waals surface area contributed by atoms with Crippen LogP contribution in [0.3, 0.4) is 0 Å². The van der Waals surface area contributed by atoms with Gasteiger partial charge in [0.1, 0.15) is 28.5 Å². The molecule has 0 amide bonds. The number of hydrogen-bond donors (Lipinski definition) is 3. The molecule has 0 spiro atoms. The Kier molecular flexibility index (Phi) is 5.73. The third-order valence-corrected chi connectivity index (χ3v) is 5.30. The molecule has 0 saturated carbocycles. The molecule has 4 aromatic rings. The summed E-state index contributed by atoms with van der Waals surface area (Å²) in [5.74, 6) is 0.536. The van der Waals surface area contributed by atoms with Gasteiger partial charge in [-0.3, -0.25) is 4.79 Å². The summed E-state index contributed by atoms with van der Waals surface area (Å²) in [5.41, 5.74) is 6.42. The van der Waals surface area contributed by atoms with Gasteiger partial charge in [0.25, 0.3) is 0 Å². The third-order valence-electron chi connectivity index (χ3n) is 5.30. The molecule has 160 valence electrons. The van der Waals surface area contributed by atoms with Crippen LogP contribution in [0.1, 0.15) is 12.0 Å². The molecule has 7 heteroatoms. The Hall–Kier alpha value is -3.26. The highest BCUT2D eigenvalue weighted by atomic mass is 19.1. The van der Waals surface area contributed by atoms with Gasteiger partial charge in [0, 0.05) is 0 Å². The second kappa shape index (κ2) is 8.47. The van der Waals surface area contributed by atoms with Crippen LogP contribution < -0.4 is 15.9 Å². The highest BCUT2D eigenvalue weighted by Gasteiger charge is 2.22. The van der Waals surface area contributed by atoms with E-state index in [4.69, 9.17) is 14.9 Å². The highest BCUT2D eigenvalue weighted by molar-refractivity contribution is 5.90. The van der Waals surface area contributed by atoms with Crippen LogP contribution in [0.2, 0.25) is 0 Å². The standard InChI is InChI=1S/C24H22FNO5/c25-16-2-4-17(5-3-16)30-18-6-8-21-20(12-18)23(29)19-7-1-15(11-22(19)31-21)9-10-24(26,13-27)14-28/h1-8,11-12,27-28H,9-10,13-14,26H2. The summed E-state index contributed by atoms with van der Waals surface area (Å²) in [7, 11) is 0. The number of hydrogen-bond acceptors (Lipinski definition) is 6. The van der Waals surface area contributed by atoms with Crippen LogP contribution in [-0.2, 0) is 6.42 Å². The maximum atomic E-state index is 13.1. The van der Waals surface area contributed by atoms with E-state index in [-0.39, 0.29) is 24.5 Å². The van der Waals surface area contributed by atoms with Crippen molar-refractivity contribution in [2.24, 2.45) is 5.73 Å². The minimum Gasteiger partial charge on any atom is -0.457 e. The average Bonchev–Trinajstić information content (AvgIpc) is 2.79. The first kappa shape index (κ1) is 21.0. The Balaban J connectivity index is 1.65. The van der Waals surface area contributed by atoms with Gasteiger partial charge in [-0.2, -0.15) is 0 Å². The molecule has 0 bridgehead atoms. The lowest BCUT2D eigenvalue weighted by atomic mass is 9.93. The van der Waals surface area contributed by atoms with Crippen molar-refractivity contribution in [2.45, 2.75) is 18.4 Å². The van der Waals surface area contributed by atoms with E-state index in [0.717, 1.165) is 5.56 Å². The normalized spacial score (nSPS) is 11.9. The Morgan fingerprint density at radius 2 is 1.61 bits per heavy atom. The van der Waals surface area contributed by atoms with Crippen molar-refractivity contribution >= 4 is 21.9 Å². The number of aliphatic hydroxyl groups excluding tert-OH is 2. The van der Waals surface area contributed by atoms with E-state index >= 15 is 0 Å². The monoisotopic (exact) mass is 423 g/mol. The molecule has 6 nitrogen and oxygen atoms in total. The molecule has 0 fully saturated rings. The van der Waals surface area contributed by atoms with Crippen LogP contribution in [0, 0.1) is 5.82 Å². The second-order valence-electron chi connectivity index (χ2n) is 7.65. The summed E-state index contributed by atoms with van der Waals surface area (Å²) < 4.78 is 24.7. The van der Waals surface area contributed by atoms with Gasteiger partial charge in [0.05, 0.1) is 29.5 Å². The van der Waals surface area contributed by atoms with Crippen LogP contribution in [-0.4, -0.2) is 29.0 Å². The van der Waals surface area contributed by atoms with E-state index in [9.17, 15) is 19.4 Å². The molecule has 0 atom stereocenters. The topological polar surface area (TPSA) is 106 Å². The first-order chi connectivity index (χ1) is 14.9. The SMILES string of the molecule is NC(CO)(CO)CCc1ccc2c(=O)c3cc(Oc4ccc(F)cc4)ccc3oc2c1. The van der Waals surface area contributed by atoms with Gasteiger partial charge in [-0.05, 0) is 73.0 Å². The number of halogens is 1. The minimum atomic E-state index is -1.06. The lowest BCUT2D eigenvalue weighted by Gasteiger charge is -2.24. The van der Waals surface area contributed by atoms with Gasteiger partial charge < -0.3 is 25.1 Å². The molecule has 1 heterocycles. The molecular formula is C24H22FNO5. The molecule has 0 saturated heterocycles. The number of aryl methyl sites for hydroxylation is 1. The zero-order valence-electron chi connectivity index (χ0n) is 16.7. The van der Waals surface area contributed by atoms with Gasteiger partial charge >= 0.3 is 0 Å². The summed E-state index contributed by atoms with van der Waals surface area (Å²) in [6, 6.07) is 15.8.